The number of benzene rings is 1. The second-order valence-corrected chi connectivity index (χ2v) is 9.12. The Kier molecular flexibility index (Phi) is 4.41. The quantitative estimate of drug-likeness (QED) is 0.698. The topological polar surface area (TPSA) is 64.8 Å². The van der Waals surface area contributed by atoms with Crippen molar-refractivity contribution >= 4 is 47.3 Å². The summed E-state index contributed by atoms with van der Waals surface area (Å²) >= 11 is 9.41. The molecule has 0 atom stereocenters. The second kappa shape index (κ2) is 5.53. The van der Waals surface area contributed by atoms with Gasteiger partial charge in [0.2, 0.25) is 0 Å². The van der Waals surface area contributed by atoms with Crippen LogP contribution in [-0.2, 0) is 14.6 Å². The molecule has 0 radical (unpaired) electrons. The first-order chi connectivity index (χ1) is 9.51. The fraction of sp³-hybridized carbons (Fsp3) is 0.333. The van der Waals surface area contributed by atoms with Crippen molar-refractivity contribution in [2.24, 2.45) is 0 Å². The summed E-state index contributed by atoms with van der Waals surface area (Å²) in [6.07, 6.45) is 0. The highest BCUT2D eigenvalue weighted by molar-refractivity contribution is 9.10. The predicted octanol–water partition coefficient (Wildman–Crippen LogP) is 4.04. The van der Waals surface area contributed by atoms with Gasteiger partial charge in [-0.15, -0.1) is 10.2 Å². The Morgan fingerprint density at radius 3 is 2.38 bits per heavy atom. The number of aromatic nitrogens is 3. The van der Waals surface area contributed by atoms with Crippen molar-refractivity contribution in [2.45, 2.75) is 31.5 Å². The third kappa shape index (κ3) is 3.41. The second-order valence-electron chi connectivity index (χ2n) is 5.37. The Balaban J connectivity index is 2.83. The Morgan fingerprint density at radius 1 is 1.24 bits per heavy atom. The maximum atomic E-state index is 11.7. The summed E-state index contributed by atoms with van der Waals surface area (Å²) < 4.78 is 25.6. The van der Waals surface area contributed by atoms with Gasteiger partial charge < -0.3 is 0 Å². The highest BCUT2D eigenvalue weighted by Crippen LogP contribution is 2.34. The zero-order valence-corrected chi connectivity index (χ0v) is 15.3. The smallest absolute Gasteiger partial charge is 0.291 e. The lowest BCUT2D eigenvalue weighted by atomic mass is 10.1. The van der Waals surface area contributed by atoms with Crippen molar-refractivity contribution in [2.75, 3.05) is 0 Å². The van der Waals surface area contributed by atoms with Crippen LogP contribution in [0.1, 0.15) is 20.8 Å². The molecule has 0 unspecified atom stereocenters. The highest BCUT2D eigenvalue weighted by atomic mass is 79.9. The molecule has 1 aromatic heterocycles. The van der Waals surface area contributed by atoms with E-state index >= 15 is 0 Å². The summed E-state index contributed by atoms with van der Waals surface area (Å²) in [5.41, 5.74) is 0.0502. The van der Waals surface area contributed by atoms with E-state index < -0.39 is 14.6 Å². The molecule has 5 nitrogen and oxygen atoms in total. The maximum absolute atomic E-state index is 11.7. The van der Waals surface area contributed by atoms with E-state index in [1.54, 1.807) is 18.2 Å². The predicted molar refractivity (Wildman–Crippen MR) is 86.2 cm³/mol. The maximum Gasteiger partial charge on any atom is 0.296 e. The van der Waals surface area contributed by atoms with E-state index in [1.807, 2.05) is 20.8 Å². The van der Waals surface area contributed by atoms with Crippen LogP contribution in [-0.4, -0.2) is 23.2 Å². The van der Waals surface area contributed by atoms with E-state index in [0.717, 1.165) is 4.47 Å². The molecule has 0 aliphatic carbocycles. The van der Waals surface area contributed by atoms with Crippen LogP contribution in [0, 0.1) is 0 Å². The van der Waals surface area contributed by atoms with Gasteiger partial charge in [0.25, 0.3) is 14.2 Å². The lowest BCUT2D eigenvalue weighted by Crippen LogP contribution is -2.26. The number of hydrogen-bond acceptors (Lipinski definition) is 4. The van der Waals surface area contributed by atoms with E-state index in [2.05, 4.69) is 26.1 Å². The molecule has 0 amide bonds. The van der Waals surface area contributed by atoms with Gasteiger partial charge in [-0.1, -0.05) is 27.5 Å². The summed E-state index contributed by atoms with van der Waals surface area (Å²) in [5.74, 6) is 0.371. The first-order valence-corrected chi connectivity index (χ1v) is 9.36. The fourth-order valence-electron chi connectivity index (χ4n) is 1.88. The average molecular weight is 413 g/mol. The SMILES string of the molecule is CC(C)(C)n1c(-c2cc(Cl)ccc2Br)nnc1S(=O)(=O)Cl. The van der Waals surface area contributed by atoms with Crippen LogP contribution in [0.25, 0.3) is 11.4 Å². The van der Waals surface area contributed by atoms with Crippen LogP contribution >= 0.6 is 38.2 Å². The molecular weight excluding hydrogens is 401 g/mol. The van der Waals surface area contributed by atoms with Crippen molar-refractivity contribution in [1.82, 2.24) is 14.8 Å². The first-order valence-electron chi connectivity index (χ1n) is 5.88. The third-order valence-corrected chi connectivity index (χ3v) is 4.73. The molecule has 0 aliphatic rings. The number of rotatable bonds is 2. The van der Waals surface area contributed by atoms with E-state index in [9.17, 15) is 8.42 Å². The standard InChI is InChI=1S/C12H12BrCl2N3O2S/c1-12(2,3)18-10(16-17-11(18)21(15,19)20)8-6-7(14)4-5-9(8)13/h4-6H,1-3H3. The van der Waals surface area contributed by atoms with E-state index in [-0.39, 0.29) is 5.16 Å². The van der Waals surface area contributed by atoms with Crippen molar-refractivity contribution in [3.63, 3.8) is 0 Å². The van der Waals surface area contributed by atoms with Gasteiger partial charge in [-0.25, -0.2) is 8.42 Å². The van der Waals surface area contributed by atoms with Crippen LogP contribution in [0.15, 0.2) is 27.8 Å². The molecule has 0 fully saturated rings. The summed E-state index contributed by atoms with van der Waals surface area (Å²) in [6, 6.07) is 5.16. The van der Waals surface area contributed by atoms with Crippen LogP contribution in [0.3, 0.4) is 0 Å². The van der Waals surface area contributed by atoms with Crippen molar-refractivity contribution in [1.29, 1.82) is 0 Å². The minimum atomic E-state index is -4.01. The molecule has 1 heterocycles. The number of halogens is 3. The molecule has 1 aromatic carbocycles. The van der Waals surface area contributed by atoms with Gasteiger partial charge >= 0.3 is 0 Å². The fourth-order valence-corrected chi connectivity index (χ4v) is 3.49. The third-order valence-electron chi connectivity index (χ3n) is 2.69. The summed E-state index contributed by atoms with van der Waals surface area (Å²) in [7, 11) is 1.44. The average Bonchev–Trinajstić information content (AvgIpc) is 2.76. The molecule has 0 bridgehead atoms. The molecule has 2 aromatic rings. The van der Waals surface area contributed by atoms with Gasteiger partial charge in [0.15, 0.2) is 5.82 Å². The lowest BCUT2D eigenvalue weighted by Gasteiger charge is -2.24. The van der Waals surface area contributed by atoms with Crippen molar-refractivity contribution < 1.29 is 8.42 Å². The zero-order valence-electron chi connectivity index (χ0n) is 11.4. The molecule has 0 N–H and O–H groups in total. The molecule has 0 aliphatic heterocycles. The van der Waals surface area contributed by atoms with E-state index in [1.165, 1.54) is 4.57 Å². The molecule has 0 saturated carbocycles. The lowest BCUT2D eigenvalue weighted by molar-refractivity contribution is 0.367. The molecule has 0 spiro atoms. The summed E-state index contributed by atoms with van der Waals surface area (Å²) in [4.78, 5) is 0. The van der Waals surface area contributed by atoms with Crippen LogP contribution in [0.2, 0.25) is 5.02 Å². The van der Waals surface area contributed by atoms with Crippen LogP contribution in [0.4, 0.5) is 0 Å². The largest absolute Gasteiger partial charge is 0.296 e. The van der Waals surface area contributed by atoms with Gasteiger partial charge in [0, 0.05) is 31.3 Å². The highest BCUT2D eigenvalue weighted by Gasteiger charge is 2.30. The zero-order chi connectivity index (χ0) is 16.0. The summed E-state index contributed by atoms with van der Waals surface area (Å²) in [6.45, 7) is 5.51. The van der Waals surface area contributed by atoms with Crippen molar-refractivity contribution in [3.05, 3.63) is 27.7 Å². The molecular formula is C12H12BrCl2N3O2S. The van der Waals surface area contributed by atoms with E-state index in [0.29, 0.717) is 16.4 Å². The Morgan fingerprint density at radius 2 is 1.86 bits per heavy atom. The normalized spacial score (nSPS) is 12.7. The Bertz CT molecular complexity index is 797. The number of nitrogens with zero attached hydrogens (tertiary/aromatic N) is 3. The van der Waals surface area contributed by atoms with Gasteiger partial charge in [0.1, 0.15) is 0 Å². The molecule has 9 heteroatoms. The molecule has 0 saturated heterocycles. The van der Waals surface area contributed by atoms with Gasteiger partial charge in [-0.2, -0.15) is 0 Å². The number of hydrogen-bond donors (Lipinski definition) is 0. The minimum absolute atomic E-state index is 0.293. The van der Waals surface area contributed by atoms with Crippen molar-refractivity contribution in [3.8, 4) is 11.4 Å². The Hall–Kier alpha value is -0.630. The first kappa shape index (κ1) is 16.7. The van der Waals surface area contributed by atoms with Crippen LogP contribution < -0.4 is 0 Å². The van der Waals surface area contributed by atoms with Gasteiger partial charge in [-0.3, -0.25) is 4.57 Å². The minimum Gasteiger partial charge on any atom is -0.291 e. The monoisotopic (exact) mass is 411 g/mol. The van der Waals surface area contributed by atoms with Gasteiger partial charge in [-0.05, 0) is 39.0 Å². The molecule has 21 heavy (non-hydrogen) atoms. The van der Waals surface area contributed by atoms with Crippen LogP contribution in [0.5, 0.6) is 0 Å². The van der Waals surface area contributed by atoms with E-state index in [4.69, 9.17) is 22.3 Å². The molecule has 2 rings (SSSR count). The van der Waals surface area contributed by atoms with Gasteiger partial charge in [0.05, 0.1) is 0 Å². The Labute approximate surface area is 140 Å². The summed E-state index contributed by atoms with van der Waals surface area (Å²) in [5, 5.41) is 7.93. The molecule has 114 valence electrons.